The Morgan fingerprint density at radius 2 is 1.70 bits per heavy atom. The minimum absolute atomic E-state index is 0.390. The molecule has 0 aliphatic carbocycles. The van der Waals surface area contributed by atoms with Crippen LogP contribution in [-0.4, -0.2) is 42.7 Å². The van der Waals surface area contributed by atoms with E-state index >= 15 is 0 Å². The summed E-state index contributed by atoms with van der Waals surface area (Å²) in [4.78, 5) is 14.5. The Morgan fingerprint density at radius 1 is 1.00 bits per heavy atom. The summed E-state index contributed by atoms with van der Waals surface area (Å²) in [6.07, 6.45) is 7.44. The van der Waals surface area contributed by atoms with Crippen molar-refractivity contribution in [2.45, 2.75) is 45.4 Å². The minimum atomic E-state index is 0.390. The van der Waals surface area contributed by atoms with E-state index in [1.807, 2.05) is 19.0 Å². The van der Waals surface area contributed by atoms with Crippen molar-refractivity contribution in [3.05, 3.63) is 0 Å². The van der Waals surface area contributed by atoms with Gasteiger partial charge in [0.15, 0.2) is 0 Å². The van der Waals surface area contributed by atoms with Crippen LogP contribution in [-0.2, 0) is 0 Å². The van der Waals surface area contributed by atoms with Crippen molar-refractivity contribution in [1.82, 2.24) is 15.0 Å². The normalized spacial score (nSPS) is 10.4. The van der Waals surface area contributed by atoms with Crippen molar-refractivity contribution in [1.29, 1.82) is 0 Å². The Balaban J connectivity index is 2.37. The van der Waals surface area contributed by atoms with Crippen LogP contribution in [0.25, 0.3) is 0 Å². The van der Waals surface area contributed by atoms with Gasteiger partial charge in [-0.1, -0.05) is 39.0 Å². The lowest BCUT2D eigenvalue weighted by atomic mass is 10.1. The molecule has 0 fully saturated rings. The molecule has 0 saturated carbocycles. The number of hydrogen-bond acceptors (Lipinski definition) is 6. The molecule has 0 aromatic carbocycles. The first kappa shape index (κ1) is 16.5. The molecule has 1 aromatic rings. The third-order valence-electron chi connectivity index (χ3n) is 2.96. The second-order valence-corrected chi connectivity index (χ2v) is 5.00. The van der Waals surface area contributed by atoms with E-state index in [9.17, 15) is 0 Å². The van der Waals surface area contributed by atoms with Crippen molar-refractivity contribution in [3.8, 4) is 6.01 Å². The molecule has 6 nitrogen and oxygen atoms in total. The van der Waals surface area contributed by atoms with Crippen LogP contribution in [0.4, 0.5) is 11.9 Å². The molecule has 20 heavy (non-hydrogen) atoms. The molecule has 0 unspecified atom stereocenters. The molecule has 1 rings (SSSR count). The molecule has 0 aliphatic heterocycles. The van der Waals surface area contributed by atoms with Gasteiger partial charge < -0.3 is 15.0 Å². The predicted molar refractivity (Wildman–Crippen MR) is 82.6 cm³/mol. The van der Waals surface area contributed by atoms with Gasteiger partial charge in [-0.3, -0.25) is 0 Å². The number of nitrogens with zero attached hydrogens (tertiary/aromatic N) is 4. The summed E-state index contributed by atoms with van der Waals surface area (Å²) >= 11 is 0. The van der Waals surface area contributed by atoms with E-state index in [4.69, 9.17) is 4.74 Å². The summed E-state index contributed by atoms with van der Waals surface area (Å²) in [5.41, 5.74) is 0. The molecular formula is C14H27N5O. The van der Waals surface area contributed by atoms with E-state index in [0.717, 1.165) is 6.42 Å². The zero-order valence-electron chi connectivity index (χ0n) is 13.1. The molecule has 0 radical (unpaired) electrons. The lowest BCUT2D eigenvalue weighted by Crippen LogP contribution is -2.15. The molecule has 0 spiro atoms. The number of ether oxygens (including phenoxy) is 1. The third-order valence-corrected chi connectivity index (χ3v) is 2.96. The van der Waals surface area contributed by atoms with Crippen LogP contribution in [0.15, 0.2) is 0 Å². The van der Waals surface area contributed by atoms with Crippen LogP contribution in [0.5, 0.6) is 6.01 Å². The lowest BCUT2D eigenvalue weighted by Gasteiger charge is -2.12. The van der Waals surface area contributed by atoms with Gasteiger partial charge in [0.05, 0.1) is 6.61 Å². The molecular weight excluding hydrogens is 254 g/mol. The van der Waals surface area contributed by atoms with Crippen LogP contribution >= 0.6 is 0 Å². The summed E-state index contributed by atoms with van der Waals surface area (Å²) < 4.78 is 5.62. The van der Waals surface area contributed by atoms with Crippen LogP contribution in [0, 0.1) is 0 Å². The SMILES string of the molecule is CCCCCCCCOc1nc(NC)nc(N(C)C)n1. The van der Waals surface area contributed by atoms with Gasteiger partial charge in [0.2, 0.25) is 11.9 Å². The van der Waals surface area contributed by atoms with Gasteiger partial charge >= 0.3 is 6.01 Å². The molecule has 1 N–H and O–H groups in total. The zero-order chi connectivity index (χ0) is 14.8. The number of rotatable bonds is 10. The maximum atomic E-state index is 5.62. The molecule has 114 valence electrons. The maximum Gasteiger partial charge on any atom is 0.323 e. The topological polar surface area (TPSA) is 63.2 Å². The average molecular weight is 281 g/mol. The quantitative estimate of drug-likeness (QED) is 0.665. The van der Waals surface area contributed by atoms with Gasteiger partial charge in [0, 0.05) is 21.1 Å². The van der Waals surface area contributed by atoms with Gasteiger partial charge in [-0.05, 0) is 6.42 Å². The van der Waals surface area contributed by atoms with Crippen LogP contribution in [0.1, 0.15) is 45.4 Å². The molecule has 6 heteroatoms. The zero-order valence-corrected chi connectivity index (χ0v) is 13.1. The summed E-state index contributed by atoms with van der Waals surface area (Å²) in [6, 6.07) is 0.390. The van der Waals surface area contributed by atoms with Crippen LogP contribution < -0.4 is 15.0 Å². The molecule has 1 aromatic heterocycles. The van der Waals surface area contributed by atoms with E-state index in [1.165, 1.54) is 32.1 Å². The van der Waals surface area contributed by atoms with Gasteiger partial charge in [-0.25, -0.2) is 0 Å². The van der Waals surface area contributed by atoms with E-state index in [2.05, 4.69) is 27.2 Å². The van der Waals surface area contributed by atoms with Crippen LogP contribution in [0.2, 0.25) is 0 Å². The third kappa shape index (κ3) is 6.04. The monoisotopic (exact) mass is 281 g/mol. The van der Waals surface area contributed by atoms with E-state index in [0.29, 0.717) is 24.5 Å². The highest BCUT2D eigenvalue weighted by molar-refractivity contribution is 5.36. The van der Waals surface area contributed by atoms with Crippen molar-refractivity contribution in [3.63, 3.8) is 0 Å². The number of aromatic nitrogens is 3. The minimum Gasteiger partial charge on any atom is -0.463 e. The largest absolute Gasteiger partial charge is 0.463 e. The fraction of sp³-hybridized carbons (Fsp3) is 0.786. The molecule has 0 bridgehead atoms. The first-order valence-corrected chi connectivity index (χ1v) is 7.41. The standard InChI is InChI=1S/C14H27N5O/c1-5-6-7-8-9-10-11-20-14-17-12(15-2)16-13(18-14)19(3)4/h5-11H2,1-4H3,(H,15,16,17,18). The summed E-state index contributed by atoms with van der Waals surface area (Å²) in [5.74, 6) is 1.13. The second kappa shape index (κ2) is 9.34. The average Bonchev–Trinajstić information content (AvgIpc) is 2.46. The summed E-state index contributed by atoms with van der Waals surface area (Å²) in [5, 5.41) is 2.92. The lowest BCUT2D eigenvalue weighted by molar-refractivity contribution is 0.281. The Labute approximate surface area is 122 Å². The first-order chi connectivity index (χ1) is 9.67. The number of nitrogens with one attached hydrogen (secondary N) is 1. The van der Waals surface area contributed by atoms with Crippen molar-refractivity contribution in [2.75, 3.05) is 38.0 Å². The second-order valence-electron chi connectivity index (χ2n) is 5.00. The Bertz CT molecular complexity index is 384. The fourth-order valence-corrected chi connectivity index (χ4v) is 1.77. The molecule has 1 heterocycles. The number of anilines is 2. The first-order valence-electron chi connectivity index (χ1n) is 7.41. The smallest absolute Gasteiger partial charge is 0.323 e. The fourth-order valence-electron chi connectivity index (χ4n) is 1.77. The Morgan fingerprint density at radius 3 is 2.35 bits per heavy atom. The van der Waals surface area contributed by atoms with Gasteiger partial charge in [-0.2, -0.15) is 15.0 Å². The summed E-state index contributed by atoms with van der Waals surface area (Å²) in [6.45, 7) is 2.89. The maximum absolute atomic E-state index is 5.62. The highest BCUT2D eigenvalue weighted by atomic mass is 16.5. The highest BCUT2D eigenvalue weighted by Crippen LogP contribution is 2.13. The number of unbranched alkanes of at least 4 members (excludes halogenated alkanes) is 5. The van der Waals surface area contributed by atoms with E-state index < -0.39 is 0 Å². The molecule has 0 saturated heterocycles. The predicted octanol–water partition coefficient (Wildman–Crippen LogP) is 2.72. The molecule has 0 aliphatic rings. The van der Waals surface area contributed by atoms with Crippen LogP contribution in [0.3, 0.4) is 0 Å². The van der Waals surface area contributed by atoms with Crippen molar-refractivity contribution in [2.24, 2.45) is 0 Å². The van der Waals surface area contributed by atoms with Gasteiger partial charge in [0.1, 0.15) is 0 Å². The molecule has 0 atom stereocenters. The summed E-state index contributed by atoms with van der Waals surface area (Å²) in [7, 11) is 5.57. The van der Waals surface area contributed by atoms with E-state index in [1.54, 1.807) is 7.05 Å². The van der Waals surface area contributed by atoms with E-state index in [-0.39, 0.29) is 0 Å². The van der Waals surface area contributed by atoms with Crippen molar-refractivity contribution < 1.29 is 4.74 Å². The molecule has 0 amide bonds. The van der Waals surface area contributed by atoms with Crippen molar-refractivity contribution >= 4 is 11.9 Å². The number of hydrogen-bond donors (Lipinski definition) is 1. The Hall–Kier alpha value is -1.59. The van der Waals surface area contributed by atoms with Gasteiger partial charge in [-0.15, -0.1) is 0 Å². The Kier molecular flexibility index (Phi) is 7.69. The highest BCUT2D eigenvalue weighted by Gasteiger charge is 2.07. The van der Waals surface area contributed by atoms with Gasteiger partial charge in [0.25, 0.3) is 0 Å².